The van der Waals surface area contributed by atoms with Crippen LogP contribution in [0.2, 0.25) is 5.15 Å². The van der Waals surface area contributed by atoms with Crippen molar-refractivity contribution >= 4 is 17.5 Å². The van der Waals surface area contributed by atoms with Crippen molar-refractivity contribution in [3.8, 4) is 0 Å². The molecule has 0 saturated heterocycles. The number of amides is 1. The van der Waals surface area contributed by atoms with Gasteiger partial charge in [0.1, 0.15) is 11.0 Å². The number of carbonyl (C=O) groups is 1. The van der Waals surface area contributed by atoms with Crippen LogP contribution in [0, 0.1) is 5.82 Å². The highest BCUT2D eigenvalue weighted by Crippen LogP contribution is 2.13. The van der Waals surface area contributed by atoms with Crippen LogP contribution in [0.5, 0.6) is 0 Å². The number of pyridine rings is 1. The molecule has 0 aliphatic rings. The Hall–Kier alpha value is -1.24. The minimum absolute atomic E-state index is 0.00774. The molecule has 0 aliphatic carbocycles. The molecule has 0 fully saturated rings. The molecule has 1 aromatic rings. The van der Waals surface area contributed by atoms with Crippen molar-refractivity contribution in [2.24, 2.45) is 0 Å². The van der Waals surface area contributed by atoms with Crippen LogP contribution in [0.3, 0.4) is 0 Å². The largest absolute Gasteiger partial charge is 0.383 e. The zero-order valence-electron chi connectivity index (χ0n) is 10.9. The van der Waals surface area contributed by atoms with E-state index in [4.69, 9.17) is 16.3 Å². The highest BCUT2D eigenvalue weighted by Gasteiger charge is 2.12. The molecule has 19 heavy (non-hydrogen) atoms. The Morgan fingerprint density at radius 2 is 2.32 bits per heavy atom. The van der Waals surface area contributed by atoms with Gasteiger partial charge in [0.05, 0.1) is 18.4 Å². The van der Waals surface area contributed by atoms with Gasteiger partial charge in [-0.2, -0.15) is 0 Å². The third-order valence-electron chi connectivity index (χ3n) is 2.51. The van der Waals surface area contributed by atoms with Gasteiger partial charge in [0, 0.05) is 26.7 Å². The monoisotopic (exact) mass is 289 g/mol. The molecule has 106 valence electrons. The Bertz CT molecular complexity index is 431. The maximum absolute atomic E-state index is 13.0. The van der Waals surface area contributed by atoms with E-state index < -0.39 is 11.7 Å². The number of aromatic nitrogens is 1. The Morgan fingerprint density at radius 3 is 3.00 bits per heavy atom. The fourth-order valence-corrected chi connectivity index (χ4v) is 1.59. The average Bonchev–Trinajstić information content (AvgIpc) is 2.39. The topological polar surface area (TPSA) is 54.5 Å². The molecule has 1 rings (SSSR count). The summed E-state index contributed by atoms with van der Waals surface area (Å²) in [6.07, 6.45) is 0.970. The molecular weight excluding hydrogens is 273 g/mol. The van der Waals surface area contributed by atoms with E-state index in [-0.39, 0.29) is 10.7 Å². The van der Waals surface area contributed by atoms with Crippen molar-refractivity contribution in [2.45, 2.75) is 0 Å². The van der Waals surface area contributed by atoms with Crippen LogP contribution in [0.1, 0.15) is 10.4 Å². The molecule has 5 nitrogen and oxygen atoms in total. The lowest BCUT2D eigenvalue weighted by atomic mass is 10.2. The predicted octanol–water partition coefficient (Wildman–Crippen LogP) is 1.18. The number of hydrogen-bond donors (Lipinski definition) is 1. The van der Waals surface area contributed by atoms with E-state index in [2.05, 4.69) is 10.3 Å². The van der Waals surface area contributed by atoms with E-state index in [1.165, 1.54) is 0 Å². The maximum Gasteiger partial charge on any atom is 0.254 e. The third kappa shape index (κ3) is 5.50. The number of likely N-dealkylation sites (N-methyl/N-ethyl adjacent to an activating group) is 1. The lowest BCUT2D eigenvalue weighted by Gasteiger charge is -2.16. The van der Waals surface area contributed by atoms with Crippen LogP contribution >= 0.6 is 11.6 Å². The van der Waals surface area contributed by atoms with Crippen LogP contribution in [-0.4, -0.2) is 56.2 Å². The van der Waals surface area contributed by atoms with Crippen molar-refractivity contribution in [3.63, 3.8) is 0 Å². The van der Waals surface area contributed by atoms with Gasteiger partial charge < -0.3 is 15.0 Å². The van der Waals surface area contributed by atoms with Crippen LogP contribution in [0.15, 0.2) is 12.3 Å². The number of carbonyl (C=O) groups excluding carboxylic acids is 1. The Kier molecular flexibility index (Phi) is 6.69. The summed E-state index contributed by atoms with van der Waals surface area (Å²) in [5.41, 5.74) is 0.0428. The van der Waals surface area contributed by atoms with Crippen LogP contribution in [0.25, 0.3) is 0 Å². The molecule has 1 amide bonds. The summed E-state index contributed by atoms with van der Waals surface area (Å²) in [5, 5.41) is 2.65. The molecule has 7 heteroatoms. The summed E-state index contributed by atoms with van der Waals surface area (Å²) in [6.45, 7) is 2.50. The molecule has 0 spiro atoms. The van der Waals surface area contributed by atoms with Gasteiger partial charge in [-0.1, -0.05) is 11.6 Å². The van der Waals surface area contributed by atoms with Gasteiger partial charge in [-0.3, -0.25) is 4.79 Å². The minimum atomic E-state index is -0.591. The van der Waals surface area contributed by atoms with Gasteiger partial charge in [-0.05, 0) is 13.1 Å². The number of nitrogens with zero attached hydrogens (tertiary/aromatic N) is 2. The van der Waals surface area contributed by atoms with Gasteiger partial charge in [-0.25, -0.2) is 9.37 Å². The van der Waals surface area contributed by atoms with Crippen molar-refractivity contribution in [1.29, 1.82) is 0 Å². The first-order valence-electron chi connectivity index (χ1n) is 5.81. The molecule has 0 saturated carbocycles. The maximum atomic E-state index is 13.0. The molecular formula is C12H17ClFN3O2. The number of ether oxygens (including phenoxy) is 1. The molecule has 0 radical (unpaired) electrons. The van der Waals surface area contributed by atoms with E-state index in [9.17, 15) is 9.18 Å². The van der Waals surface area contributed by atoms with E-state index >= 15 is 0 Å². The molecule has 1 aromatic heterocycles. The highest BCUT2D eigenvalue weighted by atomic mass is 35.5. The van der Waals surface area contributed by atoms with Crippen LogP contribution in [-0.2, 0) is 4.74 Å². The van der Waals surface area contributed by atoms with E-state index in [0.29, 0.717) is 19.7 Å². The molecule has 0 aliphatic heterocycles. The number of nitrogens with one attached hydrogen (secondary N) is 1. The first-order chi connectivity index (χ1) is 9.04. The smallest absolute Gasteiger partial charge is 0.254 e. The van der Waals surface area contributed by atoms with Gasteiger partial charge in [-0.15, -0.1) is 0 Å². The minimum Gasteiger partial charge on any atom is -0.383 e. The van der Waals surface area contributed by atoms with Gasteiger partial charge in [0.15, 0.2) is 0 Å². The van der Waals surface area contributed by atoms with Crippen molar-refractivity contribution < 1.29 is 13.9 Å². The SMILES string of the molecule is COCCN(C)CCNC(=O)c1cc(F)cnc1Cl. The molecule has 1 heterocycles. The summed E-state index contributed by atoms with van der Waals surface area (Å²) in [4.78, 5) is 17.4. The van der Waals surface area contributed by atoms with E-state index in [1.807, 2.05) is 11.9 Å². The Labute approximate surface area is 116 Å². The standard InChI is InChI=1S/C12H17ClFN3O2/c1-17(5-6-19-2)4-3-15-12(18)10-7-9(14)8-16-11(10)13/h7-8H,3-6H2,1-2H3,(H,15,18). The second-order valence-corrected chi connectivity index (χ2v) is 4.40. The predicted molar refractivity (Wildman–Crippen MR) is 70.9 cm³/mol. The fourth-order valence-electron chi connectivity index (χ4n) is 1.40. The van der Waals surface area contributed by atoms with E-state index in [0.717, 1.165) is 18.8 Å². The summed E-state index contributed by atoms with van der Waals surface area (Å²) in [7, 11) is 3.55. The summed E-state index contributed by atoms with van der Waals surface area (Å²) in [5.74, 6) is -1.02. The van der Waals surface area contributed by atoms with Crippen LogP contribution in [0.4, 0.5) is 4.39 Å². The van der Waals surface area contributed by atoms with Gasteiger partial charge >= 0.3 is 0 Å². The second kappa shape index (κ2) is 8.04. The van der Waals surface area contributed by atoms with Crippen molar-refractivity contribution in [2.75, 3.05) is 40.4 Å². The van der Waals surface area contributed by atoms with Crippen molar-refractivity contribution in [3.05, 3.63) is 28.8 Å². The average molecular weight is 290 g/mol. The lowest BCUT2D eigenvalue weighted by Crippen LogP contribution is -2.34. The lowest BCUT2D eigenvalue weighted by molar-refractivity contribution is 0.0947. The summed E-state index contributed by atoms with van der Waals surface area (Å²) in [6, 6.07) is 1.07. The first kappa shape index (κ1) is 15.8. The van der Waals surface area contributed by atoms with Gasteiger partial charge in [0.25, 0.3) is 5.91 Å². The van der Waals surface area contributed by atoms with Crippen LogP contribution < -0.4 is 5.32 Å². The third-order valence-corrected chi connectivity index (χ3v) is 2.81. The first-order valence-corrected chi connectivity index (χ1v) is 6.19. The zero-order valence-corrected chi connectivity index (χ0v) is 11.7. The summed E-state index contributed by atoms with van der Waals surface area (Å²) >= 11 is 5.74. The fraction of sp³-hybridized carbons (Fsp3) is 0.500. The number of methoxy groups -OCH3 is 1. The molecule has 0 unspecified atom stereocenters. The normalized spacial score (nSPS) is 10.8. The molecule has 1 N–H and O–H groups in total. The van der Waals surface area contributed by atoms with Gasteiger partial charge in [0.2, 0.25) is 0 Å². The Morgan fingerprint density at radius 1 is 1.58 bits per heavy atom. The molecule has 0 bridgehead atoms. The number of rotatable bonds is 7. The second-order valence-electron chi connectivity index (χ2n) is 4.04. The zero-order chi connectivity index (χ0) is 14.3. The van der Waals surface area contributed by atoms with E-state index in [1.54, 1.807) is 7.11 Å². The quantitative estimate of drug-likeness (QED) is 0.766. The Balaban J connectivity index is 2.41. The molecule has 0 atom stereocenters. The number of halogens is 2. The highest BCUT2D eigenvalue weighted by molar-refractivity contribution is 6.32. The molecule has 0 aromatic carbocycles. The summed E-state index contributed by atoms with van der Waals surface area (Å²) < 4.78 is 17.9. The number of hydrogen-bond acceptors (Lipinski definition) is 4. The van der Waals surface area contributed by atoms with Crippen molar-refractivity contribution in [1.82, 2.24) is 15.2 Å².